The second kappa shape index (κ2) is 5.58. The Hall–Kier alpha value is -0.260. The van der Waals surface area contributed by atoms with E-state index in [0.717, 1.165) is 6.92 Å². The van der Waals surface area contributed by atoms with Gasteiger partial charge in [-0.3, -0.25) is 0 Å². The van der Waals surface area contributed by atoms with E-state index in [4.69, 9.17) is 0 Å². The van der Waals surface area contributed by atoms with Crippen LogP contribution in [0.25, 0.3) is 0 Å². The van der Waals surface area contributed by atoms with E-state index in [0.29, 0.717) is 0 Å². The molecule has 0 aliphatic carbocycles. The van der Waals surface area contributed by atoms with Crippen LogP contribution in [0.2, 0.25) is 0 Å². The van der Waals surface area contributed by atoms with E-state index in [9.17, 15) is 19.0 Å². The summed E-state index contributed by atoms with van der Waals surface area (Å²) in [5.41, 5.74) is -2.11. The van der Waals surface area contributed by atoms with Crippen LogP contribution in [0.1, 0.15) is 27.2 Å². The Morgan fingerprint density at radius 1 is 1.36 bits per heavy atom. The van der Waals surface area contributed by atoms with Gasteiger partial charge in [0.25, 0.3) is 6.43 Å². The zero-order valence-electron chi connectivity index (χ0n) is 8.80. The number of nitrogens with one attached hydrogen (secondary N) is 1. The van der Waals surface area contributed by atoms with Gasteiger partial charge < -0.3 is 15.5 Å². The molecule has 86 valence electrons. The van der Waals surface area contributed by atoms with Gasteiger partial charge in [0.05, 0.1) is 6.10 Å². The summed E-state index contributed by atoms with van der Waals surface area (Å²) >= 11 is 0. The lowest BCUT2D eigenvalue weighted by Gasteiger charge is -2.25. The van der Waals surface area contributed by atoms with E-state index in [2.05, 4.69) is 5.32 Å². The van der Waals surface area contributed by atoms with Crippen LogP contribution < -0.4 is 5.32 Å². The van der Waals surface area contributed by atoms with Crippen molar-refractivity contribution in [1.29, 1.82) is 0 Å². The molecule has 0 bridgehead atoms. The number of rotatable bonds is 6. The number of alkyl halides is 2. The lowest BCUT2D eigenvalue weighted by Crippen LogP contribution is -2.41. The van der Waals surface area contributed by atoms with Crippen molar-refractivity contribution in [3.05, 3.63) is 0 Å². The average Bonchev–Trinajstić information content (AvgIpc) is 1.99. The van der Waals surface area contributed by atoms with E-state index in [-0.39, 0.29) is 19.0 Å². The first-order chi connectivity index (χ1) is 6.25. The van der Waals surface area contributed by atoms with Crippen LogP contribution in [-0.4, -0.2) is 40.9 Å². The molecule has 14 heavy (non-hydrogen) atoms. The third-order valence-electron chi connectivity index (χ3n) is 1.88. The van der Waals surface area contributed by atoms with E-state index in [1.807, 2.05) is 13.8 Å². The van der Waals surface area contributed by atoms with Crippen molar-refractivity contribution in [2.45, 2.75) is 51.4 Å². The molecule has 0 aliphatic rings. The van der Waals surface area contributed by atoms with Crippen LogP contribution in [0.15, 0.2) is 0 Å². The van der Waals surface area contributed by atoms with Gasteiger partial charge in [-0.05, 0) is 6.92 Å². The van der Waals surface area contributed by atoms with Gasteiger partial charge in [-0.15, -0.1) is 0 Å². The molecule has 0 aromatic carbocycles. The highest BCUT2D eigenvalue weighted by Crippen LogP contribution is 2.20. The van der Waals surface area contributed by atoms with E-state index >= 15 is 0 Å². The zero-order chi connectivity index (χ0) is 11.4. The van der Waals surface area contributed by atoms with Crippen LogP contribution >= 0.6 is 0 Å². The largest absolute Gasteiger partial charge is 0.392 e. The topological polar surface area (TPSA) is 52.5 Å². The van der Waals surface area contributed by atoms with E-state index in [1.165, 1.54) is 0 Å². The molecule has 3 nitrogen and oxygen atoms in total. The van der Waals surface area contributed by atoms with Gasteiger partial charge in [-0.2, -0.15) is 0 Å². The highest BCUT2D eigenvalue weighted by atomic mass is 19.3. The molecule has 5 heteroatoms. The number of aliphatic hydroxyl groups excluding tert-OH is 1. The normalized spacial score (nSPS) is 18.6. The maximum Gasteiger partial charge on any atom is 0.266 e. The van der Waals surface area contributed by atoms with E-state index < -0.39 is 18.1 Å². The molecule has 0 spiro atoms. The summed E-state index contributed by atoms with van der Waals surface area (Å²) < 4.78 is 24.4. The predicted molar refractivity (Wildman–Crippen MR) is 50.4 cm³/mol. The molecular formula is C9H19F2NO2. The first kappa shape index (κ1) is 13.7. The fraction of sp³-hybridized carbons (Fsp3) is 1.00. The van der Waals surface area contributed by atoms with Gasteiger partial charge in [0.1, 0.15) is 5.60 Å². The maximum absolute atomic E-state index is 12.2. The molecule has 0 aromatic heterocycles. The molecule has 0 aromatic rings. The summed E-state index contributed by atoms with van der Waals surface area (Å²) in [6, 6.07) is 0.182. The summed E-state index contributed by atoms with van der Waals surface area (Å²) in [7, 11) is 0. The third kappa shape index (κ3) is 5.47. The molecule has 0 unspecified atom stereocenters. The molecule has 0 fully saturated rings. The maximum atomic E-state index is 12.2. The van der Waals surface area contributed by atoms with E-state index in [1.54, 1.807) is 0 Å². The molecule has 2 atom stereocenters. The van der Waals surface area contributed by atoms with Crippen molar-refractivity contribution in [2.24, 2.45) is 0 Å². The van der Waals surface area contributed by atoms with Gasteiger partial charge in [0, 0.05) is 19.0 Å². The number of aliphatic hydroxyl groups is 2. The third-order valence-corrected chi connectivity index (χ3v) is 1.88. The summed E-state index contributed by atoms with van der Waals surface area (Å²) in [6.45, 7) is 5.01. The molecule has 0 heterocycles. The van der Waals surface area contributed by atoms with Crippen molar-refractivity contribution < 1.29 is 19.0 Å². The molecule has 0 saturated carbocycles. The Morgan fingerprint density at radius 3 is 2.21 bits per heavy atom. The Morgan fingerprint density at radius 2 is 1.86 bits per heavy atom. The van der Waals surface area contributed by atoms with Gasteiger partial charge >= 0.3 is 0 Å². The molecule has 0 rings (SSSR count). The first-order valence-electron chi connectivity index (χ1n) is 4.67. The molecule has 3 N–H and O–H groups in total. The van der Waals surface area contributed by atoms with Gasteiger partial charge in [0.2, 0.25) is 0 Å². The molecule has 0 saturated heterocycles. The van der Waals surface area contributed by atoms with Gasteiger partial charge in [-0.25, -0.2) is 8.78 Å². The Balaban J connectivity index is 3.87. The Labute approximate surface area is 83.1 Å². The van der Waals surface area contributed by atoms with Crippen molar-refractivity contribution in [3.63, 3.8) is 0 Å². The van der Waals surface area contributed by atoms with Crippen molar-refractivity contribution in [3.8, 4) is 0 Å². The van der Waals surface area contributed by atoms with Crippen LogP contribution in [0, 0.1) is 0 Å². The van der Waals surface area contributed by atoms with Crippen molar-refractivity contribution in [2.75, 3.05) is 6.54 Å². The quantitative estimate of drug-likeness (QED) is 0.607. The van der Waals surface area contributed by atoms with Crippen LogP contribution in [0.4, 0.5) is 8.78 Å². The highest BCUT2D eigenvalue weighted by molar-refractivity contribution is 4.80. The number of halogens is 2. The minimum Gasteiger partial charge on any atom is -0.392 e. The SMILES string of the molecule is CC(C)NC[C@H](O)C[C@@](C)(O)C(F)F. The smallest absolute Gasteiger partial charge is 0.266 e. The second-order valence-electron chi connectivity index (χ2n) is 4.08. The molecule has 0 aliphatic heterocycles. The Bertz CT molecular complexity index is 163. The minimum absolute atomic E-state index is 0.182. The number of hydrogen-bond donors (Lipinski definition) is 3. The molecule has 0 amide bonds. The summed E-state index contributed by atoms with van der Waals surface area (Å²) in [6.07, 6.45) is -4.12. The summed E-state index contributed by atoms with van der Waals surface area (Å²) in [5.74, 6) is 0. The highest BCUT2D eigenvalue weighted by Gasteiger charge is 2.34. The fourth-order valence-corrected chi connectivity index (χ4v) is 1.01. The molecule has 0 radical (unpaired) electrons. The lowest BCUT2D eigenvalue weighted by molar-refractivity contribution is -0.105. The Kier molecular flexibility index (Phi) is 5.48. The standard InChI is InChI=1S/C9H19F2NO2/c1-6(2)12-5-7(13)4-9(3,14)8(10)11/h6-8,12-14H,4-5H2,1-3H3/t7-,9-/m1/s1. The van der Waals surface area contributed by atoms with Gasteiger partial charge in [-0.1, -0.05) is 13.8 Å². The zero-order valence-corrected chi connectivity index (χ0v) is 8.80. The van der Waals surface area contributed by atoms with Crippen molar-refractivity contribution >= 4 is 0 Å². The van der Waals surface area contributed by atoms with Gasteiger partial charge in [0.15, 0.2) is 0 Å². The average molecular weight is 211 g/mol. The van der Waals surface area contributed by atoms with Crippen LogP contribution in [0.3, 0.4) is 0 Å². The van der Waals surface area contributed by atoms with Crippen LogP contribution in [0.5, 0.6) is 0 Å². The molecular weight excluding hydrogens is 192 g/mol. The first-order valence-corrected chi connectivity index (χ1v) is 4.67. The lowest BCUT2D eigenvalue weighted by atomic mass is 9.99. The fourth-order valence-electron chi connectivity index (χ4n) is 1.01. The summed E-state index contributed by atoms with van der Waals surface area (Å²) in [4.78, 5) is 0. The summed E-state index contributed by atoms with van der Waals surface area (Å²) in [5, 5.41) is 21.4. The minimum atomic E-state index is -2.84. The number of hydrogen-bond acceptors (Lipinski definition) is 3. The predicted octanol–water partition coefficient (Wildman–Crippen LogP) is 0.751. The monoisotopic (exact) mass is 211 g/mol. The van der Waals surface area contributed by atoms with Crippen LogP contribution in [-0.2, 0) is 0 Å². The second-order valence-corrected chi connectivity index (χ2v) is 4.08. The van der Waals surface area contributed by atoms with Crippen molar-refractivity contribution in [1.82, 2.24) is 5.32 Å².